The molecule has 0 aromatic heterocycles. The molecule has 0 fully saturated rings. The van der Waals surface area contributed by atoms with E-state index in [-0.39, 0.29) is 12.4 Å². The van der Waals surface area contributed by atoms with E-state index in [9.17, 15) is 0 Å². The zero-order chi connectivity index (χ0) is 8.67. The second kappa shape index (κ2) is 3.43. The van der Waals surface area contributed by atoms with Crippen LogP contribution in [0.1, 0.15) is 11.1 Å². The van der Waals surface area contributed by atoms with Gasteiger partial charge >= 0.3 is 0 Å². The first-order chi connectivity index (χ1) is 6.45. The third kappa shape index (κ3) is 1.21. The van der Waals surface area contributed by atoms with Crippen LogP contribution >= 0.6 is 12.4 Å². The highest BCUT2D eigenvalue weighted by Gasteiger charge is 2.06. The minimum atomic E-state index is 0. The van der Waals surface area contributed by atoms with Crippen molar-refractivity contribution in [2.24, 2.45) is 4.99 Å². The molecule has 2 heteroatoms. The Hall–Kier alpha value is -1.34. The van der Waals surface area contributed by atoms with Crippen molar-refractivity contribution in [1.82, 2.24) is 0 Å². The number of hydrogen-bond donors (Lipinski definition) is 0. The lowest BCUT2D eigenvalue weighted by molar-refractivity contribution is 1.08. The molecule has 0 unspecified atom stereocenters. The first kappa shape index (κ1) is 9.22. The summed E-state index contributed by atoms with van der Waals surface area (Å²) in [6.45, 7) is 0.828. The van der Waals surface area contributed by atoms with Gasteiger partial charge < -0.3 is 0 Å². The summed E-state index contributed by atoms with van der Waals surface area (Å²) in [6, 6.07) is 12.8. The number of rotatable bonds is 0. The van der Waals surface area contributed by atoms with Gasteiger partial charge in [-0.05, 0) is 16.3 Å². The normalized spacial score (nSPS) is 12.6. The van der Waals surface area contributed by atoms with E-state index in [4.69, 9.17) is 0 Å². The van der Waals surface area contributed by atoms with Gasteiger partial charge in [-0.2, -0.15) is 0 Å². The quantitative estimate of drug-likeness (QED) is 0.624. The smallest absolute Gasteiger partial charge is 0.0646 e. The molecule has 2 aromatic rings. The molecule has 1 aliphatic rings. The van der Waals surface area contributed by atoms with Gasteiger partial charge in [-0.3, -0.25) is 4.99 Å². The lowest BCUT2D eigenvalue weighted by atomic mass is 9.98. The first-order valence-electron chi connectivity index (χ1n) is 4.45. The predicted octanol–water partition coefficient (Wildman–Crippen LogP) is 3.19. The summed E-state index contributed by atoms with van der Waals surface area (Å²) < 4.78 is 0. The molecule has 0 N–H and O–H groups in total. The van der Waals surface area contributed by atoms with Crippen LogP contribution < -0.4 is 0 Å². The molecular formula is C12H10ClN. The number of hydrogen-bond acceptors (Lipinski definition) is 1. The Morgan fingerprint density at radius 3 is 2.64 bits per heavy atom. The molecular weight excluding hydrogens is 194 g/mol. The zero-order valence-electron chi connectivity index (χ0n) is 7.60. The Balaban J connectivity index is 0.000000750. The van der Waals surface area contributed by atoms with Crippen LogP contribution in [-0.2, 0) is 6.54 Å². The van der Waals surface area contributed by atoms with Gasteiger partial charge in [0, 0.05) is 11.8 Å². The molecule has 0 radical (unpaired) electrons. The Labute approximate surface area is 88.9 Å². The molecule has 3 rings (SSSR count). The lowest BCUT2D eigenvalue weighted by Crippen LogP contribution is -1.96. The van der Waals surface area contributed by atoms with Crippen molar-refractivity contribution in [3.63, 3.8) is 0 Å². The topological polar surface area (TPSA) is 12.4 Å². The SMILES string of the molecule is C1=NCc2cccc3cccc1c23.Cl. The van der Waals surface area contributed by atoms with Crippen molar-refractivity contribution >= 4 is 29.4 Å². The fraction of sp³-hybridized carbons (Fsp3) is 0.0833. The fourth-order valence-electron chi connectivity index (χ4n) is 1.93. The van der Waals surface area contributed by atoms with Crippen molar-refractivity contribution < 1.29 is 0 Å². The summed E-state index contributed by atoms with van der Waals surface area (Å²) in [4.78, 5) is 4.32. The van der Waals surface area contributed by atoms with Crippen LogP contribution in [0.3, 0.4) is 0 Å². The number of nitrogens with zero attached hydrogens (tertiary/aromatic N) is 1. The van der Waals surface area contributed by atoms with Gasteiger partial charge in [0.2, 0.25) is 0 Å². The molecule has 1 nitrogen and oxygen atoms in total. The van der Waals surface area contributed by atoms with Crippen LogP contribution in [-0.4, -0.2) is 6.21 Å². The van der Waals surface area contributed by atoms with E-state index < -0.39 is 0 Å². The Bertz CT molecular complexity index is 497. The average molecular weight is 204 g/mol. The van der Waals surface area contributed by atoms with E-state index in [1.807, 2.05) is 6.21 Å². The number of benzene rings is 2. The highest BCUT2D eigenvalue weighted by atomic mass is 35.5. The van der Waals surface area contributed by atoms with Gasteiger partial charge in [0.15, 0.2) is 0 Å². The average Bonchev–Trinajstić information content (AvgIpc) is 2.19. The van der Waals surface area contributed by atoms with E-state index in [1.165, 1.54) is 21.9 Å². The molecule has 2 aromatic carbocycles. The Morgan fingerprint density at radius 2 is 1.79 bits per heavy atom. The molecule has 0 atom stereocenters. The largest absolute Gasteiger partial charge is 0.288 e. The molecule has 1 heterocycles. The molecule has 0 amide bonds. The van der Waals surface area contributed by atoms with E-state index in [2.05, 4.69) is 41.4 Å². The van der Waals surface area contributed by atoms with Crippen LogP contribution in [0.5, 0.6) is 0 Å². The lowest BCUT2D eigenvalue weighted by Gasteiger charge is -2.11. The van der Waals surface area contributed by atoms with Gasteiger partial charge in [-0.15, -0.1) is 12.4 Å². The van der Waals surface area contributed by atoms with Crippen LogP contribution in [0.2, 0.25) is 0 Å². The predicted molar refractivity (Wildman–Crippen MR) is 62.5 cm³/mol. The van der Waals surface area contributed by atoms with E-state index in [1.54, 1.807) is 0 Å². The molecule has 0 saturated carbocycles. The maximum absolute atomic E-state index is 4.32. The van der Waals surface area contributed by atoms with Crippen LogP contribution in [0, 0.1) is 0 Å². The van der Waals surface area contributed by atoms with E-state index in [0.29, 0.717) is 0 Å². The Kier molecular flexibility index (Phi) is 2.26. The Morgan fingerprint density at radius 1 is 1.00 bits per heavy atom. The molecule has 0 spiro atoms. The van der Waals surface area contributed by atoms with E-state index >= 15 is 0 Å². The summed E-state index contributed by atoms with van der Waals surface area (Å²) in [5.41, 5.74) is 2.59. The monoisotopic (exact) mass is 203 g/mol. The second-order valence-electron chi connectivity index (χ2n) is 3.33. The van der Waals surface area contributed by atoms with Crippen molar-refractivity contribution in [3.05, 3.63) is 47.5 Å². The third-order valence-electron chi connectivity index (χ3n) is 2.52. The highest BCUT2D eigenvalue weighted by molar-refractivity contribution is 6.02. The number of halogens is 1. The third-order valence-corrected chi connectivity index (χ3v) is 2.52. The summed E-state index contributed by atoms with van der Waals surface area (Å²) in [5.74, 6) is 0. The minimum absolute atomic E-state index is 0. The van der Waals surface area contributed by atoms with Crippen molar-refractivity contribution in [3.8, 4) is 0 Å². The maximum Gasteiger partial charge on any atom is 0.0646 e. The maximum atomic E-state index is 4.32. The summed E-state index contributed by atoms with van der Waals surface area (Å²) in [5, 5.41) is 2.70. The molecule has 14 heavy (non-hydrogen) atoms. The van der Waals surface area contributed by atoms with Gasteiger partial charge in [0.1, 0.15) is 0 Å². The van der Waals surface area contributed by atoms with Gasteiger partial charge in [-0.25, -0.2) is 0 Å². The van der Waals surface area contributed by atoms with Crippen LogP contribution in [0.25, 0.3) is 10.8 Å². The standard InChI is InChI=1S/C12H9N.ClH/c1-3-9-4-2-6-11-8-13-7-10(5-1)12(9)11;/h1-7H,8H2;1H. The van der Waals surface area contributed by atoms with Crippen molar-refractivity contribution in [2.75, 3.05) is 0 Å². The first-order valence-corrected chi connectivity index (χ1v) is 4.45. The number of aliphatic imine (C=N–C) groups is 1. The zero-order valence-corrected chi connectivity index (χ0v) is 8.42. The molecule has 0 aliphatic carbocycles. The van der Waals surface area contributed by atoms with Gasteiger partial charge in [0.25, 0.3) is 0 Å². The van der Waals surface area contributed by atoms with Crippen LogP contribution in [0.15, 0.2) is 41.4 Å². The summed E-state index contributed by atoms with van der Waals surface area (Å²) in [6.07, 6.45) is 1.97. The molecule has 0 bridgehead atoms. The van der Waals surface area contributed by atoms with Gasteiger partial charge in [0.05, 0.1) is 6.54 Å². The second-order valence-corrected chi connectivity index (χ2v) is 3.33. The van der Waals surface area contributed by atoms with Crippen LogP contribution in [0.4, 0.5) is 0 Å². The summed E-state index contributed by atoms with van der Waals surface area (Å²) in [7, 11) is 0. The highest BCUT2D eigenvalue weighted by Crippen LogP contribution is 2.25. The fourth-order valence-corrected chi connectivity index (χ4v) is 1.93. The van der Waals surface area contributed by atoms with Crippen molar-refractivity contribution in [1.29, 1.82) is 0 Å². The minimum Gasteiger partial charge on any atom is -0.288 e. The summed E-state index contributed by atoms with van der Waals surface area (Å²) >= 11 is 0. The molecule has 70 valence electrons. The van der Waals surface area contributed by atoms with Crippen molar-refractivity contribution in [2.45, 2.75) is 6.54 Å². The molecule has 1 aliphatic heterocycles. The molecule has 0 saturated heterocycles. The van der Waals surface area contributed by atoms with E-state index in [0.717, 1.165) is 6.54 Å². The van der Waals surface area contributed by atoms with Gasteiger partial charge in [-0.1, -0.05) is 36.4 Å².